The van der Waals surface area contributed by atoms with Gasteiger partial charge in [0.05, 0.1) is 24.5 Å². The highest BCUT2D eigenvalue weighted by atomic mass is 35.5. The van der Waals surface area contributed by atoms with Gasteiger partial charge < -0.3 is 10.2 Å². The van der Waals surface area contributed by atoms with Crippen LogP contribution in [-0.4, -0.2) is 46.4 Å². The molecule has 2 aromatic heterocycles. The van der Waals surface area contributed by atoms with Crippen LogP contribution in [0.2, 0.25) is 10.0 Å². The SMILES string of the molecule is Cc1c(-c2ccc(Cl)cc2)n(CC(O)C(F)(F)F)c(=O)n1Cc1nc(C(C)O)n(-c2cc(F)cc(Cl)c2)n1. The van der Waals surface area contributed by atoms with Crippen molar-refractivity contribution in [1.29, 1.82) is 0 Å². The molecule has 0 fully saturated rings. The summed E-state index contributed by atoms with van der Waals surface area (Å²) in [5.74, 6) is -0.610. The Labute approximate surface area is 223 Å². The van der Waals surface area contributed by atoms with Gasteiger partial charge in [-0.2, -0.15) is 13.2 Å². The minimum absolute atomic E-state index is 0.0164. The van der Waals surface area contributed by atoms with Gasteiger partial charge in [0, 0.05) is 21.3 Å². The molecule has 0 amide bonds. The van der Waals surface area contributed by atoms with E-state index in [1.165, 1.54) is 48.9 Å². The van der Waals surface area contributed by atoms with Crippen LogP contribution in [0.4, 0.5) is 17.6 Å². The van der Waals surface area contributed by atoms with Crippen LogP contribution in [0.25, 0.3) is 16.9 Å². The molecule has 0 aliphatic heterocycles. The summed E-state index contributed by atoms with van der Waals surface area (Å²) >= 11 is 11.9. The molecule has 2 N–H and O–H groups in total. The van der Waals surface area contributed by atoms with E-state index in [-0.39, 0.29) is 40.3 Å². The summed E-state index contributed by atoms with van der Waals surface area (Å²) in [6.45, 7) is 1.60. The van der Waals surface area contributed by atoms with E-state index in [1.807, 2.05) is 0 Å². The maximum atomic E-state index is 14.0. The monoisotopic (exact) mass is 573 g/mol. The molecule has 2 heterocycles. The highest BCUT2D eigenvalue weighted by molar-refractivity contribution is 6.31. The summed E-state index contributed by atoms with van der Waals surface area (Å²) < 4.78 is 56.6. The van der Waals surface area contributed by atoms with Crippen molar-refractivity contribution in [3.63, 3.8) is 0 Å². The zero-order chi connectivity index (χ0) is 27.9. The third-order valence-corrected chi connectivity index (χ3v) is 6.24. The molecule has 8 nitrogen and oxygen atoms in total. The van der Waals surface area contributed by atoms with E-state index in [1.54, 1.807) is 0 Å². The van der Waals surface area contributed by atoms with Gasteiger partial charge in [-0.15, -0.1) is 5.10 Å². The lowest BCUT2D eigenvalue weighted by molar-refractivity contribution is -0.207. The second-order valence-electron chi connectivity index (χ2n) is 8.58. The summed E-state index contributed by atoms with van der Waals surface area (Å²) in [5, 5.41) is 24.7. The third kappa shape index (κ3) is 5.63. The minimum atomic E-state index is -4.95. The second-order valence-corrected chi connectivity index (χ2v) is 9.45. The van der Waals surface area contributed by atoms with Crippen LogP contribution in [0.5, 0.6) is 0 Å². The Morgan fingerprint density at radius 1 is 1.03 bits per heavy atom. The molecule has 38 heavy (non-hydrogen) atoms. The summed E-state index contributed by atoms with van der Waals surface area (Å²) in [5.41, 5.74) is 0.133. The third-order valence-electron chi connectivity index (χ3n) is 5.77. The van der Waals surface area contributed by atoms with Gasteiger partial charge >= 0.3 is 11.9 Å². The molecule has 0 aliphatic carbocycles. The van der Waals surface area contributed by atoms with Crippen molar-refractivity contribution in [2.75, 3.05) is 0 Å². The maximum absolute atomic E-state index is 14.0. The lowest BCUT2D eigenvalue weighted by Gasteiger charge is -2.16. The number of rotatable bonds is 7. The van der Waals surface area contributed by atoms with Crippen molar-refractivity contribution in [1.82, 2.24) is 23.9 Å². The molecule has 0 aliphatic rings. The highest BCUT2D eigenvalue weighted by Gasteiger charge is 2.39. The van der Waals surface area contributed by atoms with E-state index < -0.39 is 36.4 Å². The van der Waals surface area contributed by atoms with Crippen molar-refractivity contribution in [2.45, 2.75) is 45.3 Å². The Hall–Kier alpha value is -3.19. The molecule has 0 spiro atoms. The molecular formula is C24H21Cl2F4N5O3. The van der Waals surface area contributed by atoms with Gasteiger partial charge in [-0.1, -0.05) is 35.3 Å². The Kier molecular flexibility index (Phi) is 7.71. The number of aliphatic hydroxyl groups is 2. The molecule has 2 aromatic carbocycles. The summed E-state index contributed by atoms with van der Waals surface area (Å²) in [6.07, 6.45) is -8.89. The highest BCUT2D eigenvalue weighted by Crippen LogP contribution is 2.28. The normalized spacial score (nSPS) is 13.6. The van der Waals surface area contributed by atoms with Crippen LogP contribution in [0.1, 0.15) is 30.4 Å². The summed E-state index contributed by atoms with van der Waals surface area (Å²) in [6, 6.07) is 9.73. The number of imidazole rings is 1. The smallest absolute Gasteiger partial charge is 0.385 e. The molecule has 0 saturated carbocycles. The zero-order valence-electron chi connectivity index (χ0n) is 19.9. The van der Waals surface area contributed by atoms with Crippen LogP contribution in [0.3, 0.4) is 0 Å². The minimum Gasteiger partial charge on any atom is -0.385 e. The fraction of sp³-hybridized carbons (Fsp3) is 0.292. The number of hydrogen-bond acceptors (Lipinski definition) is 5. The fourth-order valence-corrected chi connectivity index (χ4v) is 4.35. The van der Waals surface area contributed by atoms with E-state index in [0.29, 0.717) is 10.6 Å². The standard InChI is InChI=1S/C24H21Cl2F4N5O3/c1-12-21(14-3-5-15(25)6-4-14)34(10-19(37)24(28,29)30)23(38)33(12)11-20-31-22(13(2)36)35(32-20)18-8-16(26)7-17(27)9-18/h3-9,13,19,36-37H,10-11H2,1-2H3. The fourth-order valence-electron chi connectivity index (χ4n) is 4.01. The summed E-state index contributed by atoms with van der Waals surface area (Å²) in [7, 11) is 0. The zero-order valence-corrected chi connectivity index (χ0v) is 21.4. The van der Waals surface area contributed by atoms with Crippen molar-refractivity contribution < 1.29 is 27.8 Å². The number of aromatic nitrogens is 5. The number of alkyl halides is 3. The first-order valence-corrected chi connectivity index (χ1v) is 11.9. The van der Waals surface area contributed by atoms with Crippen LogP contribution in [0, 0.1) is 12.7 Å². The summed E-state index contributed by atoms with van der Waals surface area (Å²) in [4.78, 5) is 17.6. The van der Waals surface area contributed by atoms with E-state index >= 15 is 0 Å². The first kappa shape index (κ1) is 27.8. The van der Waals surface area contributed by atoms with E-state index in [4.69, 9.17) is 23.2 Å². The van der Waals surface area contributed by atoms with Gasteiger partial charge in [0.2, 0.25) is 0 Å². The van der Waals surface area contributed by atoms with Crippen LogP contribution in [0.15, 0.2) is 47.3 Å². The van der Waals surface area contributed by atoms with E-state index in [9.17, 15) is 32.6 Å². The number of nitrogens with zero attached hydrogens (tertiary/aromatic N) is 5. The molecule has 2 unspecified atom stereocenters. The van der Waals surface area contributed by atoms with Gasteiger partial charge in [-0.05, 0) is 44.2 Å². The average Bonchev–Trinajstić information content (AvgIpc) is 3.34. The van der Waals surface area contributed by atoms with E-state index in [2.05, 4.69) is 10.1 Å². The average molecular weight is 574 g/mol. The molecule has 0 radical (unpaired) electrons. The van der Waals surface area contributed by atoms with Gasteiger partial charge in [0.1, 0.15) is 11.9 Å². The molecule has 4 rings (SSSR count). The predicted octanol–water partition coefficient (Wildman–Crippen LogP) is 4.68. The Balaban J connectivity index is 1.83. The largest absolute Gasteiger partial charge is 0.416 e. The molecule has 2 atom stereocenters. The quantitative estimate of drug-likeness (QED) is 0.313. The lowest BCUT2D eigenvalue weighted by Crippen LogP contribution is -2.37. The number of halogens is 6. The van der Waals surface area contributed by atoms with Crippen molar-refractivity contribution in [3.05, 3.63) is 86.2 Å². The Morgan fingerprint density at radius 3 is 2.26 bits per heavy atom. The molecule has 202 valence electrons. The predicted molar refractivity (Wildman–Crippen MR) is 132 cm³/mol. The molecule has 0 saturated heterocycles. The molecule has 4 aromatic rings. The maximum Gasteiger partial charge on any atom is 0.416 e. The Morgan fingerprint density at radius 2 is 1.68 bits per heavy atom. The van der Waals surface area contributed by atoms with Crippen LogP contribution in [-0.2, 0) is 13.1 Å². The van der Waals surface area contributed by atoms with Gasteiger partial charge in [0.15, 0.2) is 17.8 Å². The number of benzene rings is 2. The van der Waals surface area contributed by atoms with Crippen LogP contribution >= 0.6 is 23.2 Å². The number of hydrogen-bond donors (Lipinski definition) is 2. The Bertz CT molecular complexity index is 1510. The lowest BCUT2D eigenvalue weighted by atomic mass is 10.1. The van der Waals surface area contributed by atoms with Gasteiger partial charge in [-0.3, -0.25) is 9.13 Å². The van der Waals surface area contributed by atoms with Gasteiger partial charge in [0.25, 0.3) is 0 Å². The van der Waals surface area contributed by atoms with Crippen LogP contribution < -0.4 is 5.69 Å². The first-order chi connectivity index (χ1) is 17.8. The van der Waals surface area contributed by atoms with E-state index in [0.717, 1.165) is 21.3 Å². The first-order valence-electron chi connectivity index (χ1n) is 11.2. The molecule has 14 heteroatoms. The van der Waals surface area contributed by atoms with Crippen molar-refractivity contribution in [2.24, 2.45) is 0 Å². The number of aliphatic hydroxyl groups excluding tert-OH is 2. The van der Waals surface area contributed by atoms with Gasteiger partial charge in [-0.25, -0.2) is 18.9 Å². The molecular weight excluding hydrogens is 553 g/mol. The molecule has 0 bridgehead atoms. The second kappa shape index (κ2) is 10.5. The van der Waals surface area contributed by atoms with Crippen molar-refractivity contribution in [3.8, 4) is 16.9 Å². The topological polar surface area (TPSA) is 98.1 Å². The van der Waals surface area contributed by atoms with Crippen molar-refractivity contribution >= 4 is 23.2 Å².